The highest BCUT2D eigenvalue weighted by atomic mass is 19.4. The highest BCUT2D eigenvalue weighted by Gasteiger charge is 2.31. The molecule has 2 rings (SSSR count). The van der Waals surface area contributed by atoms with E-state index in [0.717, 1.165) is 17.7 Å². The third-order valence-corrected chi connectivity index (χ3v) is 2.72. The third-order valence-electron chi connectivity index (χ3n) is 2.72. The summed E-state index contributed by atoms with van der Waals surface area (Å²) in [4.78, 5) is 15.2. The zero-order valence-electron chi connectivity index (χ0n) is 11.2. The molecule has 2 N–H and O–H groups in total. The minimum absolute atomic E-state index is 0.00594. The van der Waals surface area contributed by atoms with Gasteiger partial charge in [-0.15, -0.1) is 0 Å². The van der Waals surface area contributed by atoms with Crippen LogP contribution in [-0.4, -0.2) is 11.1 Å². The van der Waals surface area contributed by atoms with Crippen LogP contribution in [0.15, 0.2) is 48.7 Å². The van der Waals surface area contributed by atoms with Gasteiger partial charge in [0, 0.05) is 6.20 Å². The molecule has 0 unspecified atom stereocenters. The lowest BCUT2D eigenvalue weighted by Gasteiger charge is -2.16. The van der Waals surface area contributed by atoms with Gasteiger partial charge in [0.1, 0.15) is 6.61 Å². The second-order valence-corrected chi connectivity index (χ2v) is 4.31. The standard InChI is InChI=1S/C14H12F3N3O2/c15-14(16,17)11-6-7-12(19-8-11)20(18)13(21)22-9-10-4-2-1-3-5-10/h1-8H,9,18H2. The first-order valence-corrected chi connectivity index (χ1v) is 6.16. The molecular weight excluding hydrogens is 299 g/mol. The van der Waals surface area contributed by atoms with E-state index >= 15 is 0 Å². The smallest absolute Gasteiger partial charge is 0.430 e. The van der Waals surface area contributed by atoms with Crippen LogP contribution >= 0.6 is 0 Å². The zero-order chi connectivity index (χ0) is 16.2. The van der Waals surface area contributed by atoms with Gasteiger partial charge in [0.15, 0.2) is 5.82 Å². The number of pyridine rings is 1. The number of aromatic nitrogens is 1. The number of halogens is 3. The minimum Gasteiger partial charge on any atom is -0.443 e. The summed E-state index contributed by atoms with van der Waals surface area (Å²) < 4.78 is 42.2. The summed E-state index contributed by atoms with van der Waals surface area (Å²) in [5.74, 6) is 5.33. The number of amides is 1. The molecule has 0 aliphatic rings. The van der Waals surface area contributed by atoms with Gasteiger partial charge in [0.25, 0.3) is 0 Å². The van der Waals surface area contributed by atoms with E-state index in [1.54, 1.807) is 24.3 Å². The fourth-order valence-electron chi connectivity index (χ4n) is 1.58. The Hall–Kier alpha value is -2.61. The monoisotopic (exact) mass is 311 g/mol. The Kier molecular flexibility index (Phi) is 4.62. The first kappa shape index (κ1) is 15.8. The SMILES string of the molecule is NN(C(=O)OCc1ccccc1)c1ccc(C(F)(F)F)cn1. The first-order chi connectivity index (χ1) is 10.4. The quantitative estimate of drug-likeness (QED) is 0.537. The third kappa shape index (κ3) is 3.95. The number of alkyl halides is 3. The molecule has 2 aromatic rings. The van der Waals surface area contributed by atoms with Crippen molar-refractivity contribution in [3.8, 4) is 0 Å². The predicted molar refractivity (Wildman–Crippen MR) is 72.5 cm³/mol. The van der Waals surface area contributed by atoms with Gasteiger partial charge >= 0.3 is 12.3 Å². The van der Waals surface area contributed by atoms with Gasteiger partial charge in [0.2, 0.25) is 0 Å². The van der Waals surface area contributed by atoms with E-state index in [4.69, 9.17) is 10.6 Å². The molecule has 0 bridgehead atoms. The van der Waals surface area contributed by atoms with E-state index in [2.05, 4.69) is 4.98 Å². The molecule has 22 heavy (non-hydrogen) atoms. The molecule has 0 atom stereocenters. The highest BCUT2D eigenvalue weighted by molar-refractivity contribution is 5.84. The Balaban J connectivity index is 1.98. The van der Waals surface area contributed by atoms with Crippen LogP contribution in [0.25, 0.3) is 0 Å². The first-order valence-electron chi connectivity index (χ1n) is 6.16. The van der Waals surface area contributed by atoms with E-state index in [0.29, 0.717) is 11.2 Å². The lowest BCUT2D eigenvalue weighted by Crippen LogP contribution is -2.38. The van der Waals surface area contributed by atoms with Crippen LogP contribution in [0.2, 0.25) is 0 Å². The average Bonchev–Trinajstić information content (AvgIpc) is 2.52. The Morgan fingerprint density at radius 1 is 1.18 bits per heavy atom. The Morgan fingerprint density at radius 2 is 1.86 bits per heavy atom. The van der Waals surface area contributed by atoms with Crippen molar-refractivity contribution in [3.63, 3.8) is 0 Å². The summed E-state index contributed by atoms with van der Waals surface area (Å²) in [6.45, 7) is -0.00594. The van der Waals surface area contributed by atoms with E-state index in [1.165, 1.54) is 0 Å². The van der Waals surface area contributed by atoms with Crippen LogP contribution in [0.4, 0.5) is 23.8 Å². The number of carbonyl (C=O) groups excluding carboxylic acids is 1. The molecular formula is C14H12F3N3O2. The number of ether oxygens (including phenoxy) is 1. The van der Waals surface area contributed by atoms with Gasteiger partial charge in [-0.05, 0) is 17.7 Å². The summed E-state index contributed by atoms with van der Waals surface area (Å²) in [6.07, 6.45) is -4.82. The normalized spacial score (nSPS) is 11.1. The molecule has 0 aliphatic heterocycles. The summed E-state index contributed by atoms with van der Waals surface area (Å²) in [7, 11) is 0. The van der Waals surface area contributed by atoms with Crippen molar-refractivity contribution in [1.82, 2.24) is 4.98 Å². The number of hydrogen-bond acceptors (Lipinski definition) is 4. The molecule has 0 saturated heterocycles. The topological polar surface area (TPSA) is 68.5 Å². The van der Waals surface area contributed by atoms with Crippen LogP contribution in [0, 0.1) is 0 Å². The molecule has 0 aliphatic carbocycles. The Labute approximate surface area is 124 Å². The maximum absolute atomic E-state index is 12.4. The summed E-state index contributed by atoms with van der Waals surface area (Å²) >= 11 is 0. The number of nitrogens with two attached hydrogens (primary N) is 1. The van der Waals surface area contributed by atoms with E-state index in [1.807, 2.05) is 6.07 Å². The number of hydrazine groups is 1. The van der Waals surface area contributed by atoms with Gasteiger partial charge in [-0.25, -0.2) is 15.6 Å². The molecule has 116 valence electrons. The van der Waals surface area contributed by atoms with E-state index in [9.17, 15) is 18.0 Å². The molecule has 8 heteroatoms. The maximum Gasteiger partial charge on any atom is 0.430 e. The lowest BCUT2D eigenvalue weighted by atomic mass is 10.2. The zero-order valence-corrected chi connectivity index (χ0v) is 11.2. The lowest BCUT2D eigenvalue weighted by molar-refractivity contribution is -0.137. The predicted octanol–water partition coefficient (Wildman–Crippen LogP) is 3.12. The van der Waals surface area contributed by atoms with Gasteiger partial charge in [0.05, 0.1) is 5.56 Å². The van der Waals surface area contributed by atoms with Gasteiger partial charge in [-0.1, -0.05) is 30.3 Å². The molecule has 0 radical (unpaired) electrons. The fourth-order valence-corrected chi connectivity index (χ4v) is 1.58. The minimum atomic E-state index is -4.50. The second kappa shape index (κ2) is 6.44. The Bertz CT molecular complexity index is 630. The van der Waals surface area contributed by atoms with Crippen molar-refractivity contribution in [2.75, 3.05) is 5.01 Å². The summed E-state index contributed by atoms with van der Waals surface area (Å²) in [5, 5.41) is 0.545. The highest BCUT2D eigenvalue weighted by Crippen LogP contribution is 2.29. The van der Waals surface area contributed by atoms with Gasteiger partial charge in [-0.2, -0.15) is 18.2 Å². The number of nitrogens with zero attached hydrogens (tertiary/aromatic N) is 2. The summed E-state index contributed by atoms with van der Waals surface area (Å²) in [6, 6.07) is 10.7. The number of hydrogen-bond donors (Lipinski definition) is 1. The van der Waals surface area contributed by atoms with Crippen molar-refractivity contribution in [2.24, 2.45) is 5.84 Å². The second-order valence-electron chi connectivity index (χ2n) is 4.31. The van der Waals surface area contributed by atoms with Crippen molar-refractivity contribution < 1.29 is 22.7 Å². The molecule has 0 saturated carbocycles. The number of benzene rings is 1. The van der Waals surface area contributed by atoms with Crippen LogP contribution in [0.1, 0.15) is 11.1 Å². The van der Waals surface area contributed by atoms with E-state index < -0.39 is 17.8 Å². The fraction of sp³-hybridized carbons (Fsp3) is 0.143. The van der Waals surface area contributed by atoms with Crippen LogP contribution in [-0.2, 0) is 17.5 Å². The molecule has 1 aromatic heterocycles. The molecule has 1 aromatic carbocycles. The Morgan fingerprint density at radius 3 is 2.41 bits per heavy atom. The van der Waals surface area contributed by atoms with Gasteiger partial charge < -0.3 is 4.74 Å². The summed E-state index contributed by atoms with van der Waals surface area (Å²) in [5.41, 5.74) is -0.174. The number of rotatable bonds is 3. The van der Waals surface area contributed by atoms with Gasteiger partial charge in [-0.3, -0.25) is 0 Å². The van der Waals surface area contributed by atoms with Crippen LogP contribution in [0.5, 0.6) is 0 Å². The molecule has 5 nitrogen and oxygen atoms in total. The molecule has 0 fully saturated rings. The maximum atomic E-state index is 12.4. The van der Waals surface area contributed by atoms with Crippen molar-refractivity contribution in [2.45, 2.75) is 12.8 Å². The molecule has 1 amide bonds. The molecule has 1 heterocycles. The average molecular weight is 311 g/mol. The van der Waals surface area contributed by atoms with Crippen molar-refractivity contribution in [1.29, 1.82) is 0 Å². The number of anilines is 1. The van der Waals surface area contributed by atoms with Crippen molar-refractivity contribution >= 4 is 11.9 Å². The number of carbonyl (C=O) groups is 1. The largest absolute Gasteiger partial charge is 0.443 e. The van der Waals surface area contributed by atoms with E-state index in [-0.39, 0.29) is 12.4 Å². The molecule has 0 spiro atoms. The van der Waals surface area contributed by atoms with Crippen molar-refractivity contribution in [3.05, 3.63) is 59.8 Å². The van der Waals surface area contributed by atoms with Crippen LogP contribution < -0.4 is 10.9 Å². The van der Waals surface area contributed by atoms with Crippen LogP contribution in [0.3, 0.4) is 0 Å².